The highest BCUT2D eigenvalue weighted by molar-refractivity contribution is 7.15. The van der Waals surface area contributed by atoms with Crippen molar-refractivity contribution in [2.24, 2.45) is 0 Å². The lowest BCUT2D eigenvalue weighted by atomic mass is 10.1. The molecule has 0 saturated carbocycles. The van der Waals surface area contributed by atoms with Crippen LogP contribution in [-0.2, 0) is 24.1 Å². The van der Waals surface area contributed by atoms with Crippen LogP contribution in [0, 0.1) is 10.1 Å². The van der Waals surface area contributed by atoms with Gasteiger partial charge in [0.25, 0.3) is 11.6 Å². The number of aryl methyl sites for hydroxylation is 2. The summed E-state index contributed by atoms with van der Waals surface area (Å²) in [6.45, 7) is -0.0847. The van der Waals surface area contributed by atoms with Gasteiger partial charge in [0.1, 0.15) is 5.75 Å². The highest BCUT2D eigenvalue weighted by atomic mass is 32.1. The minimum Gasteiger partial charge on any atom is -0.484 e. The lowest BCUT2D eigenvalue weighted by molar-refractivity contribution is -0.384. The standard InChI is InChI=1S/C21H19N3O4S/c25-20(13-28-18-8-7-15-4-2-5-16(15)11-18)23-21-22-12-19(29-21)10-14-3-1-6-17(9-14)24(26)27/h1,3,6-9,11-12H,2,4-5,10,13H2,(H,22,23,25). The van der Waals surface area contributed by atoms with Crippen LogP contribution in [0.3, 0.4) is 0 Å². The van der Waals surface area contributed by atoms with E-state index < -0.39 is 4.92 Å². The molecule has 1 aliphatic rings. The van der Waals surface area contributed by atoms with Gasteiger partial charge in [0.15, 0.2) is 11.7 Å². The number of nitro benzene ring substituents is 1. The first kappa shape index (κ1) is 19.1. The van der Waals surface area contributed by atoms with E-state index in [9.17, 15) is 14.9 Å². The fourth-order valence-corrected chi connectivity index (χ4v) is 4.23. The summed E-state index contributed by atoms with van der Waals surface area (Å²) in [5.74, 6) is 0.424. The van der Waals surface area contributed by atoms with Gasteiger partial charge in [0.2, 0.25) is 0 Å². The van der Waals surface area contributed by atoms with Crippen molar-refractivity contribution < 1.29 is 14.5 Å². The number of non-ortho nitro benzene ring substituents is 1. The van der Waals surface area contributed by atoms with E-state index in [1.807, 2.05) is 18.2 Å². The van der Waals surface area contributed by atoms with Gasteiger partial charge in [-0.1, -0.05) is 18.2 Å². The zero-order valence-corrected chi connectivity index (χ0v) is 16.4. The van der Waals surface area contributed by atoms with Gasteiger partial charge in [-0.05, 0) is 48.1 Å². The minimum atomic E-state index is -0.414. The largest absolute Gasteiger partial charge is 0.484 e. The number of nitro groups is 1. The van der Waals surface area contributed by atoms with Gasteiger partial charge in [0, 0.05) is 29.6 Å². The number of nitrogens with zero attached hydrogens (tertiary/aromatic N) is 2. The van der Waals surface area contributed by atoms with Crippen molar-refractivity contribution in [2.75, 3.05) is 11.9 Å². The summed E-state index contributed by atoms with van der Waals surface area (Å²) < 4.78 is 5.60. The van der Waals surface area contributed by atoms with Gasteiger partial charge in [0.05, 0.1) is 4.92 Å². The number of hydrogen-bond acceptors (Lipinski definition) is 6. The number of hydrogen-bond donors (Lipinski definition) is 1. The normalized spacial score (nSPS) is 12.4. The van der Waals surface area contributed by atoms with Crippen LogP contribution in [0.15, 0.2) is 48.7 Å². The van der Waals surface area contributed by atoms with Crippen LogP contribution in [0.25, 0.3) is 0 Å². The molecule has 1 aromatic heterocycles. The molecule has 4 rings (SSSR count). The molecule has 1 amide bonds. The van der Waals surface area contributed by atoms with Gasteiger partial charge in [-0.25, -0.2) is 4.98 Å². The molecule has 1 N–H and O–H groups in total. The molecule has 1 aliphatic carbocycles. The van der Waals surface area contributed by atoms with E-state index in [2.05, 4.69) is 16.4 Å². The molecule has 1 heterocycles. The number of anilines is 1. The van der Waals surface area contributed by atoms with Crippen LogP contribution >= 0.6 is 11.3 Å². The molecule has 0 radical (unpaired) electrons. The van der Waals surface area contributed by atoms with E-state index >= 15 is 0 Å². The highest BCUT2D eigenvalue weighted by Gasteiger charge is 2.13. The Bertz CT molecular complexity index is 1060. The number of amides is 1. The van der Waals surface area contributed by atoms with Crippen LogP contribution in [0.4, 0.5) is 10.8 Å². The Morgan fingerprint density at radius 2 is 2.07 bits per heavy atom. The van der Waals surface area contributed by atoms with Gasteiger partial charge < -0.3 is 4.74 Å². The topological polar surface area (TPSA) is 94.4 Å². The molecule has 0 atom stereocenters. The molecule has 0 bridgehead atoms. The van der Waals surface area contributed by atoms with E-state index in [1.54, 1.807) is 18.3 Å². The van der Waals surface area contributed by atoms with Crippen LogP contribution < -0.4 is 10.1 Å². The summed E-state index contributed by atoms with van der Waals surface area (Å²) in [6.07, 6.45) is 5.52. The molecule has 7 nitrogen and oxygen atoms in total. The molecule has 0 fully saturated rings. The van der Waals surface area contributed by atoms with E-state index in [0.29, 0.717) is 17.3 Å². The van der Waals surface area contributed by atoms with Crippen molar-refractivity contribution in [3.63, 3.8) is 0 Å². The number of ether oxygens (including phenoxy) is 1. The first-order chi connectivity index (χ1) is 14.1. The molecule has 0 aliphatic heterocycles. The molecule has 3 aromatic rings. The number of nitrogens with one attached hydrogen (secondary N) is 1. The number of carbonyl (C=O) groups excluding carboxylic acids is 1. The maximum Gasteiger partial charge on any atom is 0.269 e. The Labute approximate surface area is 171 Å². The summed E-state index contributed by atoms with van der Waals surface area (Å²) in [4.78, 5) is 27.7. The number of aromatic nitrogens is 1. The molecule has 8 heteroatoms. The first-order valence-corrected chi connectivity index (χ1v) is 10.1. The summed E-state index contributed by atoms with van der Waals surface area (Å²) in [7, 11) is 0. The van der Waals surface area contributed by atoms with Crippen molar-refractivity contribution in [1.82, 2.24) is 4.98 Å². The lowest BCUT2D eigenvalue weighted by Crippen LogP contribution is -2.20. The third kappa shape index (κ3) is 4.78. The first-order valence-electron chi connectivity index (χ1n) is 9.29. The average molecular weight is 409 g/mol. The van der Waals surface area contributed by atoms with Gasteiger partial charge in [-0.2, -0.15) is 0 Å². The monoisotopic (exact) mass is 409 g/mol. The zero-order chi connectivity index (χ0) is 20.2. The number of thiazole rings is 1. The Morgan fingerprint density at radius 1 is 1.21 bits per heavy atom. The summed E-state index contributed by atoms with van der Waals surface area (Å²) in [6, 6.07) is 12.5. The quantitative estimate of drug-likeness (QED) is 0.467. The molecule has 0 spiro atoms. The fourth-order valence-electron chi connectivity index (χ4n) is 3.37. The molecule has 0 saturated heterocycles. The van der Waals surface area contributed by atoms with Gasteiger partial charge >= 0.3 is 0 Å². The van der Waals surface area contributed by atoms with E-state index in [4.69, 9.17) is 4.74 Å². The molecule has 29 heavy (non-hydrogen) atoms. The molecule has 0 unspecified atom stereocenters. The molecular formula is C21H19N3O4S. The number of carbonyl (C=O) groups is 1. The Kier molecular flexibility index (Phi) is 5.53. The van der Waals surface area contributed by atoms with Crippen LogP contribution in [0.5, 0.6) is 5.75 Å². The summed E-state index contributed by atoms with van der Waals surface area (Å²) in [5, 5.41) is 14.1. The molecule has 2 aromatic carbocycles. The molecular weight excluding hydrogens is 390 g/mol. The van der Waals surface area contributed by atoms with E-state index in [-0.39, 0.29) is 18.2 Å². The van der Waals surface area contributed by atoms with Crippen molar-refractivity contribution in [1.29, 1.82) is 0 Å². The Hall–Kier alpha value is -3.26. The Morgan fingerprint density at radius 3 is 2.93 bits per heavy atom. The minimum absolute atomic E-state index is 0.0595. The predicted octanol–water partition coefficient (Wildman–Crippen LogP) is 4.15. The third-order valence-corrected chi connectivity index (χ3v) is 5.65. The second kappa shape index (κ2) is 8.40. The van der Waals surface area contributed by atoms with Gasteiger partial charge in [-0.15, -0.1) is 11.3 Å². The van der Waals surface area contributed by atoms with E-state index in [1.165, 1.54) is 35.0 Å². The number of rotatable bonds is 7. The van der Waals surface area contributed by atoms with Crippen LogP contribution in [0.2, 0.25) is 0 Å². The van der Waals surface area contributed by atoms with Crippen molar-refractivity contribution >= 4 is 28.1 Å². The molecule has 148 valence electrons. The fraction of sp³-hybridized carbons (Fsp3) is 0.238. The number of fused-ring (bicyclic) bond motifs is 1. The lowest BCUT2D eigenvalue weighted by Gasteiger charge is -2.07. The maximum atomic E-state index is 12.2. The van der Waals surface area contributed by atoms with Crippen molar-refractivity contribution in [2.45, 2.75) is 25.7 Å². The second-order valence-electron chi connectivity index (χ2n) is 6.86. The van der Waals surface area contributed by atoms with Crippen molar-refractivity contribution in [3.8, 4) is 5.75 Å². The number of benzene rings is 2. The van der Waals surface area contributed by atoms with Crippen molar-refractivity contribution in [3.05, 3.63) is 80.3 Å². The second-order valence-corrected chi connectivity index (χ2v) is 7.97. The third-order valence-electron chi connectivity index (χ3n) is 4.74. The van der Waals surface area contributed by atoms with Crippen LogP contribution in [-0.4, -0.2) is 22.4 Å². The van der Waals surface area contributed by atoms with E-state index in [0.717, 1.165) is 23.3 Å². The Balaban J connectivity index is 1.31. The van der Waals surface area contributed by atoms with Crippen LogP contribution in [0.1, 0.15) is 28.0 Å². The SMILES string of the molecule is O=C(COc1ccc2c(c1)CCC2)Nc1ncc(Cc2cccc([N+](=O)[O-])c2)s1. The predicted molar refractivity (Wildman–Crippen MR) is 111 cm³/mol. The average Bonchev–Trinajstić information content (AvgIpc) is 3.35. The zero-order valence-electron chi connectivity index (χ0n) is 15.6. The smallest absolute Gasteiger partial charge is 0.269 e. The van der Waals surface area contributed by atoms with Gasteiger partial charge in [-0.3, -0.25) is 20.2 Å². The maximum absolute atomic E-state index is 12.2. The summed E-state index contributed by atoms with van der Waals surface area (Å²) in [5.41, 5.74) is 3.54. The summed E-state index contributed by atoms with van der Waals surface area (Å²) >= 11 is 1.34. The highest BCUT2D eigenvalue weighted by Crippen LogP contribution is 2.26.